The molecule has 0 radical (unpaired) electrons. The Morgan fingerprint density at radius 3 is 2.35 bits per heavy atom. The third-order valence-corrected chi connectivity index (χ3v) is 7.72. The number of ether oxygens (including phenoxy) is 2. The quantitative estimate of drug-likeness (QED) is 0.190. The van der Waals surface area contributed by atoms with Crippen molar-refractivity contribution in [3.63, 3.8) is 0 Å². The van der Waals surface area contributed by atoms with Crippen LogP contribution in [0.1, 0.15) is 22.3 Å². The fourth-order valence-corrected chi connectivity index (χ4v) is 5.25. The summed E-state index contributed by atoms with van der Waals surface area (Å²) in [6, 6.07) is 22.8. The van der Waals surface area contributed by atoms with Gasteiger partial charge >= 0.3 is 0 Å². The Bertz CT molecular complexity index is 1530. The molecule has 0 bridgehead atoms. The molecule has 1 aliphatic heterocycles. The molecule has 1 fully saturated rings. The maximum atomic E-state index is 12.9. The highest BCUT2D eigenvalue weighted by atomic mass is 35.5. The summed E-state index contributed by atoms with van der Waals surface area (Å²) in [6.07, 6.45) is 5.51. The average Bonchev–Trinajstić information content (AvgIpc) is 3.01. The summed E-state index contributed by atoms with van der Waals surface area (Å²) in [5.41, 5.74) is 4.10. The topological polar surface area (TPSA) is 75.1 Å². The monoisotopic (exact) mass is 617 g/mol. The summed E-state index contributed by atoms with van der Waals surface area (Å²) < 4.78 is 11.6. The molecule has 1 aliphatic rings. The maximum absolute atomic E-state index is 12.9. The van der Waals surface area contributed by atoms with Gasteiger partial charge in [0, 0.05) is 56.3 Å². The molecule has 5 rings (SSSR count). The van der Waals surface area contributed by atoms with Gasteiger partial charge in [0.05, 0.1) is 17.8 Å². The number of rotatable bonds is 10. The normalized spacial score (nSPS) is 13.8. The highest BCUT2D eigenvalue weighted by Gasteiger charge is 2.20. The first-order valence-electron chi connectivity index (χ1n) is 14.1. The van der Waals surface area contributed by atoms with Gasteiger partial charge in [-0.05, 0) is 77.7 Å². The third kappa shape index (κ3) is 8.74. The van der Waals surface area contributed by atoms with Crippen LogP contribution in [0.15, 0.2) is 85.1 Å². The SMILES string of the molecule is Cc1cc(C=CC(=O)N2CCN(Cc3ccc(CCOc4ccc(Cl)cc4)cc3)CC2)cc(Cl)c1Oc1ccc(O)cn1. The molecule has 0 saturated carbocycles. The van der Waals surface area contributed by atoms with Gasteiger partial charge in [0.15, 0.2) is 5.75 Å². The molecule has 4 aromatic rings. The molecule has 7 nitrogen and oxygen atoms in total. The van der Waals surface area contributed by atoms with E-state index in [0.29, 0.717) is 41.4 Å². The molecule has 0 aliphatic carbocycles. The van der Waals surface area contributed by atoms with E-state index in [9.17, 15) is 9.90 Å². The zero-order valence-electron chi connectivity index (χ0n) is 23.9. The minimum atomic E-state index is -0.0211. The standard InChI is InChI=1S/C34H33Cl2N3O4/c1-24-20-27(21-31(36)34(24)43-32-12-9-29(40)22-37-32)6-13-33(41)39-17-15-38(16-18-39)23-26-4-2-25(3-5-26)14-19-42-30-10-7-28(35)8-11-30/h2-13,20-22,40H,14-19,23H2,1H3. The van der Waals surface area contributed by atoms with Crippen molar-refractivity contribution in [2.24, 2.45) is 0 Å². The lowest BCUT2D eigenvalue weighted by Crippen LogP contribution is -2.47. The molecule has 43 heavy (non-hydrogen) atoms. The van der Waals surface area contributed by atoms with E-state index < -0.39 is 0 Å². The molecule has 0 atom stereocenters. The first kappa shape index (κ1) is 30.4. The van der Waals surface area contributed by atoms with Crippen LogP contribution in [0.2, 0.25) is 10.0 Å². The number of pyridine rings is 1. The van der Waals surface area contributed by atoms with Crippen molar-refractivity contribution < 1.29 is 19.4 Å². The number of carbonyl (C=O) groups is 1. The Hall–Kier alpha value is -4.04. The molecule has 1 amide bonds. The van der Waals surface area contributed by atoms with E-state index in [2.05, 4.69) is 34.1 Å². The summed E-state index contributed by atoms with van der Waals surface area (Å²) >= 11 is 12.4. The van der Waals surface area contributed by atoms with Gasteiger partial charge in [-0.15, -0.1) is 0 Å². The minimum absolute atomic E-state index is 0.0211. The fourth-order valence-electron chi connectivity index (χ4n) is 4.81. The van der Waals surface area contributed by atoms with Crippen LogP contribution in [-0.2, 0) is 17.8 Å². The second-order valence-electron chi connectivity index (χ2n) is 10.4. The molecule has 1 saturated heterocycles. The Morgan fingerprint density at radius 1 is 0.953 bits per heavy atom. The van der Waals surface area contributed by atoms with E-state index in [4.69, 9.17) is 32.7 Å². The number of halogens is 2. The molecule has 3 aromatic carbocycles. The molecular weight excluding hydrogens is 585 g/mol. The van der Waals surface area contributed by atoms with Gasteiger partial charge in [-0.1, -0.05) is 47.5 Å². The van der Waals surface area contributed by atoms with Crippen LogP contribution in [-0.4, -0.2) is 58.6 Å². The maximum Gasteiger partial charge on any atom is 0.246 e. The van der Waals surface area contributed by atoms with E-state index in [-0.39, 0.29) is 11.7 Å². The number of nitrogens with zero attached hydrogens (tertiary/aromatic N) is 3. The molecule has 0 unspecified atom stereocenters. The van der Waals surface area contributed by atoms with Gasteiger partial charge in [-0.2, -0.15) is 0 Å². The average molecular weight is 619 g/mol. The minimum Gasteiger partial charge on any atom is -0.506 e. The predicted octanol–water partition coefficient (Wildman–Crippen LogP) is 7.17. The number of aromatic nitrogens is 1. The fraction of sp³-hybridized carbons (Fsp3) is 0.235. The number of piperazine rings is 1. The van der Waals surface area contributed by atoms with Gasteiger partial charge in [0.25, 0.3) is 0 Å². The number of aromatic hydroxyl groups is 1. The number of carbonyl (C=O) groups excluding carboxylic acids is 1. The first-order chi connectivity index (χ1) is 20.8. The largest absolute Gasteiger partial charge is 0.506 e. The zero-order chi connectivity index (χ0) is 30.2. The summed E-state index contributed by atoms with van der Waals surface area (Å²) in [7, 11) is 0. The summed E-state index contributed by atoms with van der Waals surface area (Å²) in [5, 5.41) is 10.5. The molecular formula is C34H33Cl2N3O4. The number of benzene rings is 3. The number of amides is 1. The summed E-state index contributed by atoms with van der Waals surface area (Å²) in [6.45, 7) is 6.33. The van der Waals surface area contributed by atoms with Crippen LogP contribution in [0.3, 0.4) is 0 Å². The molecule has 1 aromatic heterocycles. The lowest BCUT2D eigenvalue weighted by molar-refractivity contribution is -0.127. The number of hydrogen-bond acceptors (Lipinski definition) is 6. The number of hydrogen-bond donors (Lipinski definition) is 1. The van der Waals surface area contributed by atoms with Crippen molar-refractivity contribution in [2.75, 3.05) is 32.8 Å². The predicted molar refractivity (Wildman–Crippen MR) is 170 cm³/mol. The smallest absolute Gasteiger partial charge is 0.246 e. The van der Waals surface area contributed by atoms with Crippen LogP contribution >= 0.6 is 23.2 Å². The van der Waals surface area contributed by atoms with Crippen molar-refractivity contribution in [2.45, 2.75) is 19.9 Å². The van der Waals surface area contributed by atoms with Crippen LogP contribution in [0.25, 0.3) is 6.08 Å². The molecule has 222 valence electrons. The van der Waals surface area contributed by atoms with Gasteiger partial charge in [0.1, 0.15) is 11.5 Å². The van der Waals surface area contributed by atoms with Crippen LogP contribution < -0.4 is 9.47 Å². The molecule has 9 heteroatoms. The van der Waals surface area contributed by atoms with Gasteiger partial charge < -0.3 is 19.5 Å². The third-order valence-electron chi connectivity index (χ3n) is 7.18. The van der Waals surface area contributed by atoms with E-state index in [1.165, 1.54) is 23.4 Å². The zero-order valence-corrected chi connectivity index (χ0v) is 25.4. The Morgan fingerprint density at radius 2 is 1.67 bits per heavy atom. The van der Waals surface area contributed by atoms with Gasteiger partial charge in [0.2, 0.25) is 11.8 Å². The Balaban J connectivity index is 1.06. The van der Waals surface area contributed by atoms with Crippen molar-refractivity contribution in [1.29, 1.82) is 0 Å². The van der Waals surface area contributed by atoms with E-state index in [0.717, 1.165) is 42.9 Å². The van der Waals surface area contributed by atoms with Crippen molar-refractivity contribution >= 4 is 35.2 Å². The Kier molecular flexibility index (Phi) is 10.2. The molecule has 2 heterocycles. The summed E-state index contributed by atoms with van der Waals surface area (Å²) in [4.78, 5) is 21.2. The Labute approximate surface area is 261 Å². The van der Waals surface area contributed by atoms with E-state index in [1.54, 1.807) is 24.3 Å². The second-order valence-corrected chi connectivity index (χ2v) is 11.3. The second kappa shape index (κ2) is 14.4. The van der Waals surface area contributed by atoms with E-state index in [1.807, 2.05) is 42.2 Å². The number of aryl methyl sites for hydroxylation is 1. The lowest BCUT2D eigenvalue weighted by Gasteiger charge is -2.34. The van der Waals surface area contributed by atoms with Crippen molar-refractivity contribution in [3.8, 4) is 23.1 Å². The van der Waals surface area contributed by atoms with E-state index >= 15 is 0 Å². The van der Waals surface area contributed by atoms with Crippen LogP contribution in [0.4, 0.5) is 0 Å². The van der Waals surface area contributed by atoms with Gasteiger partial charge in [-0.25, -0.2) is 4.98 Å². The van der Waals surface area contributed by atoms with Crippen LogP contribution in [0, 0.1) is 6.92 Å². The lowest BCUT2D eigenvalue weighted by atomic mass is 10.1. The summed E-state index contributed by atoms with van der Waals surface area (Å²) in [5.74, 6) is 1.66. The highest BCUT2D eigenvalue weighted by Crippen LogP contribution is 2.34. The molecule has 0 spiro atoms. The first-order valence-corrected chi connectivity index (χ1v) is 14.9. The molecule has 1 N–H and O–H groups in total. The van der Waals surface area contributed by atoms with Crippen molar-refractivity contribution in [3.05, 3.63) is 117 Å². The highest BCUT2D eigenvalue weighted by molar-refractivity contribution is 6.32. The van der Waals surface area contributed by atoms with Crippen LogP contribution in [0.5, 0.6) is 23.1 Å². The van der Waals surface area contributed by atoms with Crippen molar-refractivity contribution in [1.82, 2.24) is 14.8 Å². The van der Waals surface area contributed by atoms with Gasteiger partial charge in [-0.3, -0.25) is 9.69 Å².